The Balaban J connectivity index is 1.65. The average molecular weight is 275 g/mol. The van der Waals surface area contributed by atoms with Gasteiger partial charge in [-0.15, -0.1) is 0 Å². The fraction of sp³-hybridized carbons (Fsp3) is 0.600. The third kappa shape index (κ3) is 2.32. The highest BCUT2D eigenvalue weighted by molar-refractivity contribution is 5.92. The maximum atomic E-state index is 12.4. The molecule has 3 heterocycles. The van der Waals surface area contributed by atoms with Gasteiger partial charge < -0.3 is 14.8 Å². The van der Waals surface area contributed by atoms with E-state index in [0.717, 1.165) is 44.5 Å². The number of aromatic nitrogens is 1. The second-order valence-electron chi connectivity index (χ2n) is 5.98. The zero-order valence-electron chi connectivity index (χ0n) is 11.9. The number of carbonyl (C=O) groups is 2. The minimum absolute atomic E-state index is 0.0552. The summed E-state index contributed by atoms with van der Waals surface area (Å²) in [5, 5.41) is 3.16. The normalized spacial score (nSPS) is 21.9. The van der Waals surface area contributed by atoms with Crippen LogP contribution in [0.4, 0.5) is 0 Å². The van der Waals surface area contributed by atoms with E-state index >= 15 is 0 Å². The van der Waals surface area contributed by atoms with E-state index in [1.807, 2.05) is 34.8 Å². The molecule has 0 atom stereocenters. The minimum atomic E-state index is -0.0552. The molecule has 5 nitrogen and oxygen atoms in total. The van der Waals surface area contributed by atoms with Crippen LogP contribution in [0.3, 0.4) is 0 Å². The summed E-state index contributed by atoms with van der Waals surface area (Å²) in [4.78, 5) is 25.9. The Morgan fingerprint density at radius 1 is 1.30 bits per heavy atom. The van der Waals surface area contributed by atoms with Gasteiger partial charge in [-0.3, -0.25) is 9.59 Å². The summed E-state index contributed by atoms with van der Waals surface area (Å²) in [7, 11) is 1.89. The monoisotopic (exact) mass is 275 g/mol. The molecule has 2 aliphatic rings. The van der Waals surface area contributed by atoms with Crippen LogP contribution in [0.25, 0.3) is 0 Å². The largest absolute Gasteiger partial charge is 0.351 e. The highest BCUT2D eigenvalue weighted by Gasteiger charge is 2.39. The Morgan fingerprint density at radius 3 is 2.65 bits per heavy atom. The van der Waals surface area contributed by atoms with Crippen LogP contribution in [0.15, 0.2) is 18.3 Å². The van der Waals surface area contributed by atoms with Gasteiger partial charge in [0.25, 0.3) is 5.91 Å². The van der Waals surface area contributed by atoms with Crippen molar-refractivity contribution in [3.63, 3.8) is 0 Å². The van der Waals surface area contributed by atoms with Gasteiger partial charge in [-0.05, 0) is 37.8 Å². The summed E-state index contributed by atoms with van der Waals surface area (Å²) in [6.07, 6.45) is 6.29. The highest BCUT2D eigenvalue weighted by atomic mass is 16.2. The molecule has 0 bridgehead atoms. The first-order chi connectivity index (χ1) is 9.60. The maximum absolute atomic E-state index is 12.4. The van der Waals surface area contributed by atoms with Gasteiger partial charge in [0, 0.05) is 38.3 Å². The van der Waals surface area contributed by atoms with E-state index in [-0.39, 0.29) is 17.4 Å². The molecular weight excluding hydrogens is 254 g/mol. The first-order valence-electron chi connectivity index (χ1n) is 7.31. The van der Waals surface area contributed by atoms with Crippen molar-refractivity contribution < 1.29 is 9.59 Å². The molecule has 108 valence electrons. The molecule has 20 heavy (non-hydrogen) atoms. The van der Waals surface area contributed by atoms with Gasteiger partial charge >= 0.3 is 0 Å². The molecule has 0 aromatic carbocycles. The zero-order valence-corrected chi connectivity index (χ0v) is 11.9. The molecule has 5 heteroatoms. The van der Waals surface area contributed by atoms with Gasteiger partial charge in [-0.1, -0.05) is 0 Å². The molecule has 0 radical (unpaired) electrons. The molecule has 1 spiro atoms. The van der Waals surface area contributed by atoms with Crippen molar-refractivity contribution in [2.75, 3.05) is 13.1 Å². The van der Waals surface area contributed by atoms with Crippen LogP contribution in [0.5, 0.6) is 0 Å². The lowest BCUT2D eigenvalue weighted by Gasteiger charge is -2.44. The van der Waals surface area contributed by atoms with E-state index in [4.69, 9.17) is 0 Å². The van der Waals surface area contributed by atoms with Crippen molar-refractivity contribution >= 4 is 11.8 Å². The Labute approximate surface area is 118 Å². The highest BCUT2D eigenvalue weighted by Crippen LogP contribution is 2.31. The van der Waals surface area contributed by atoms with Gasteiger partial charge in [0.2, 0.25) is 5.91 Å². The van der Waals surface area contributed by atoms with Crippen molar-refractivity contribution in [2.24, 2.45) is 7.05 Å². The van der Waals surface area contributed by atoms with Crippen molar-refractivity contribution in [3.05, 3.63) is 24.0 Å². The predicted octanol–water partition coefficient (Wildman–Crippen LogP) is 1.30. The van der Waals surface area contributed by atoms with Crippen molar-refractivity contribution in [2.45, 2.75) is 37.6 Å². The van der Waals surface area contributed by atoms with Gasteiger partial charge in [0.1, 0.15) is 5.69 Å². The molecule has 0 saturated carbocycles. The fourth-order valence-electron chi connectivity index (χ4n) is 3.37. The lowest BCUT2D eigenvalue weighted by molar-refractivity contribution is -0.125. The molecule has 2 amide bonds. The van der Waals surface area contributed by atoms with Crippen molar-refractivity contribution in [1.82, 2.24) is 14.8 Å². The smallest absolute Gasteiger partial charge is 0.270 e. The van der Waals surface area contributed by atoms with Gasteiger partial charge in [0.05, 0.1) is 0 Å². The van der Waals surface area contributed by atoms with E-state index in [1.165, 1.54) is 0 Å². The van der Waals surface area contributed by atoms with Crippen LogP contribution in [-0.4, -0.2) is 39.9 Å². The molecule has 3 rings (SSSR count). The Kier molecular flexibility index (Phi) is 3.28. The van der Waals surface area contributed by atoms with Crippen LogP contribution in [0, 0.1) is 0 Å². The summed E-state index contributed by atoms with van der Waals surface area (Å²) in [5.74, 6) is 0.257. The second-order valence-corrected chi connectivity index (χ2v) is 5.98. The number of hydrogen-bond acceptors (Lipinski definition) is 2. The summed E-state index contributed by atoms with van der Waals surface area (Å²) in [6.45, 7) is 1.45. The molecule has 2 fully saturated rings. The van der Waals surface area contributed by atoms with Gasteiger partial charge in [-0.25, -0.2) is 0 Å². The second kappa shape index (κ2) is 4.96. The number of aryl methyl sites for hydroxylation is 1. The fourth-order valence-corrected chi connectivity index (χ4v) is 3.37. The summed E-state index contributed by atoms with van der Waals surface area (Å²) in [6, 6.07) is 3.75. The predicted molar refractivity (Wildman–Crippen MR) is 75.3 cm³/mol. The number of amides is 2. The van der Waals surface area contributed by atoms with Gasteiger partial charge in [0.15, 0.2) is 0 Å². The number of nitrogens with one attached hydrogen (secondary N) is 1. The number of rotatable bonds is 1. The van der Waals surface area contributed by atoms with Crippen LogP contribution in [0.1, 0.15) is 42.6 Å². The Morgan fingerprint density at radius 2 is 2.05 bits per heavy atom. The van der Waals surface area contributed by atoms with Crippen molar-refractivity contribution in [3.8, 4) is 0 Å². The molecule has 2 saturated heterocycles. The minimum Gasteiger partial charge on any atom is -0.351 e. The Bertz CT molecular complexity index is 527. The van der Waals surface area contributed by atoms with E-state index < -0.39 is 0 Å². The molecule has 0 aliphatic carbocycles. The average Bonchev–Trinajstić information content (AvgIpc) is 2.85. The number of hydrogen-bond donors (Lipinski definition) is 1. The number of likely N-dealkylation sites (tertiary alicyclic amines) is 1. The van der Waals surface area contributed by atoms with E-state index in [1.54, 1.807) is 0 Å². The lowest BCUT2D eigenvalue weighted by atomic mass is 9.80. The van der Waals surface area contributed by atoms with E-state index in [0.29, 0.717) is 6.42 Å². The molecule has 0 unspecified atom stereocenters. The molecule has 2 aliphatic heterocycles. The Hall–Kier alpha value is -1.78. The van der Waals surface area contributed by atoms with E-state index in [2.05, 4.69) is 5.32 Å². The topological polar surface area (TPSA) is 54.3 Å². The van der Waals surface area contributed by atoms with Crippen molar-refractivity contribution in [1.29, 1.82) is 0 Å². The first-order valence-corrected chi connectivity index (χ1v) is 7.31. The SMILES string of the molecule is Cn1cccc1C(=O)N1CCC2(CCCC(=O)N2)CC1. The quantitative estimate of drug-likeness (QED) is 0.840. The van der Waals surface area contributed by atoms with Crippen LogP contribution in [0.2, 0.25) is 0 Å². The van der Waals surface area contributed by atoms with Crippen LogP contribution in [-0.2, 0) is 11.8 Å². The van der Waals surface area contributed by atoms with E-state index in [9.17, 15) is 9.59 Å². The lowest BCUT2D eigenvalue weighted by Crippen LogP contribution is -2.58. The van der Waals surface area contributed by atoms with Crippen LogP contribution >= 0.6 is 0 Å². The zero-order chi connectivity index (χ0) is 14.2. The third-order valence-corrected chi connectivity index (χ3v) is 4.63. The summed E-state index contributed by atoms with van der Waals surface area (Å²) in [5.41, 5.74) is 0.675. The van der Waals surface area contributed by atoms with Crippen LogP contribution < -0.4 is 5.32 Å². The molecule has 1 aromatic heterocycles. The molecule has 1 aromatic rings. The van der Waals surface area contributed by atoms with Gasteiger partial charge in [-0.2, -0.15) is 0 Å². The number of carbonyl (C=O) groups excluding carboxylic acids is 2. The number of nitrogens with zero attached hydrogens (tertiary/aromatic N) is 2. The summed E-state index contributed by atoms with van der Waals surface area (Å²) < 4.78 is 1.86. The third-order valence-electron chi connectivity index (χ3n) is 4.63. The standard InChI is InChI=1S/C15H21N3O2/c1-17-9-3-4-12(17)14(20)18-10-7-15(8-11-18)6-2-5-13(19)16-15/h3-4,9H,2,5-8,10-11H2,1H3,(H,16,19). The number of piperidine rings is 2. The molecule has 1 N–H and O–H groups in total. The summed E-state index contributed by atoms with van der Waals surface area (Å²) >= 11 is 0. The molecular formula is C15H21N3O2. The maximum Gasteiger partial charge on any atom is 0.270 e. The first kappa shape index (κ1) is 13.2.